The molecule has 0 radical (unpaired) electrons. The minimum Gasteiger partial charge on any atom is -0.425 e. The van der Waals surface area contributed by atoms with Gasteiger partial charge in [0.1, 0.15) is 18.0 Å². The van der Waals surface area contributed by atoms with Gasteiger partial charge < -0.3 is 15.4 Å². The number of hydrogen-bond donors (Lipinski definition) is 2. The Morgan fingerprint density at radius 3 is 2.46 bits per heavy atom. The summed E-state index contributed by atoms with van der Waals surface area (Å²) >= 11 is 12.5. The molecule has 0 fully saturated rings. The number of nitrogens with one attached hydrogen (secondary N) is 2. The molecule has 0 aliphatic rings. The SMILES string of the molecule is Cc1cc(C(=O)Nc2c(C)cc(Cl)cc2C(=O)NCC(=O)Oc2ccccc2)n(-c2ncccc2Cl)n1. The van der Waals surface area contributed by atoms with E-state index in [4.69, 9.17) is 27.9 Å². The summed E-state index contributed by atoms with van der Waals surface area (Å²) in [5.41, 5.74) is 1.56. The summed E-state index contributed by atoms with van der Waals surface area (Å²) in [4.78, 5) is 42.7. The Balaban J connectivity index is 1.56. The fraction of sp³-hybridized carbons (Fsp3) is 0.115. The summed E-state index contributed by atoms with van der Waals surface area (Å²) in [5, 5.41) is 10.2. The highest BCUT2D eigenvalue weighted by atomic mass is 35.5. The Labute approximate surface area is 222 Å². The van der Waals surface area contributed by atoms with Crippen molar-refractivity contribution in [2.75, 3.05) is 11.9 Å². The van der Waals surface area contributed by atoms with Crippen LogP contribution in [0.5, 0.6) is 5.75 Å². The molecule has 4 aromatic rings. The zero-order chi connectivity index (χ0) is 26.5. The van der Waals surface area contributed by atoms with E-state index in [9.17, 15) is 14.4 Å². The number of rotatable bonds is 7. The quantitative estimate of drug-likeness (QED) is 0.259. The predicted octanol–water partition coefficient (Wildman–Crippen LogP) is 4.78. The number of para-hydroxylation sites is 1. The van der Waals surface area contributed by atoms with Crippen LogP contribution in [0.4, 0.5) is 5.69 Å². The Bertz CT molecular complexity index is 1490. The minimum atomic E-state index is -0.657. The van der Waals surface area contributed by atoms with E-state index in [-0.39, 0.29) is 27.8 Å². The molecule has 2 N–H and O–H groups in total. The second kappa shape index (κ2) is 11.2. The smallest absolute Gasteiger partial charge is 0.330 e. The van der Waals surface area contributed by atoms with Crippen molar-refractivity contribution in [2.24, 2.45) is 0 Å². The van der Waals surface area contributed by atoms with Crippen LogP contribution in [0.1, 0.15) is 32.1 Å². The number of ether oxygens (including phenoxy) is 1. The number of nitrogens with zero attached hydrogens (tertiary/aromatic N) is 3. The molecule has 11 heteroatoms. The highest BCUT2D eigenvalue weighted by Gasteiger charge is 2.22. The van der Waals surface area contributed by atoms with Gasteiger partial charge in [-0.25, -0.2) is 14.5 Å². The van der Waals surface area contributed by atoms with E-state index in [1.165, 1.54) is 16.9 Å². The predicted molar refractivity (Wildman–Crippen MR) is 140 cm³/mol. The van der Waals surface area contributed by atoms with E-state index in [0.717, 1.165) is 0 Å². The number of pyridine rings is 1. The van der Waals surface area contributed by atoms with E-state index in [1.807, 2.05) is 0 Å². The lowest BCUT2D eigenvalue weighted by molar-refractivity contribution is -0.133. The molecule has 0 aliphatic heterocycles. The van der Waals surface area contributed by atoms with E-state index < -0.39 is 24.3 Å². The molecule has 37 heavy (non-hydrogen) atoms. The Hall–Kier alpha value is -4.21. The summed E-state index contributed by atoms with van der Waals surface area (Å²) in [6.07, 6.45) is 1.54. The topological polar surface area (TPSA) is 115 Å². The summed E-state index contributed by atoms with van der Waals surface area (Å²) < 4.78 is 6.52. The minimum absolute atomic E-state index is 0.0736. The van der Waals surface area contributed by atoms with Crippen molar-refractivity contribution in [3.05, 3.63) is 99.4 Å². The van der Waals surface area contributed by atoms with Gasteiger partial charge in [0.2, 0.25) is 0 Å². The van der Waals surface area contributed by atoms with Crippen LogP contribution in [-0.4, -0.2) is 39.1 Å². The summed E-state index contributed by atoms with van der Waals surface area (Å²) in [5.74, 6) is -1.19. The molecular weight excluding hydrogens is 517 g/mol. The maximum Gasteiger partial charge on any atom is 0.330 e. The molecule has 2 aromatic carbocycles. The molecule has 0 atom stereocenters. The number of carbonyl (C=O) groups is 3. The molecule has 0 bridgehead atoms. The van der Waals surface area contributed by atoms with Gasteiger partial charge in [-0.2, -0.15) is 5.10 Å². The molecule has 0 spiro atoms. The molecular formula is C26H21Cl2N5O4. The molecule has 0 unspecified atom stereocenters. The Morgan fingerprint density at radius 2 is 1.73 bits per heavy atom. The maximum atomic E-state index is 13.3. The van der Waals surface area contributed by atoms with Gasteiger partial charge in [-0.3, -0.25) is 9.59 Å². The fourth-order valence-electron chi connectivity index (χ4n) is 3.53. The number of halogens is 2. The van der Waals surface area contributed by atoms with E-state index in [1.54, 1.807) is 68.4 Å². The first kappa shape index (κ1) is 25.9. The first-order valence-electron chi connectivity index (χ1n) is 11.1. The van der Waals surface area contributed by atoms with Crippen molar-refractivity contribution in [3.8, 4) is 11.6 Å². The molecule has 188 valence electrons. The van der Waals surface area contributed by atoms with Gasteiger partial charge in [0.05, 0.1) is 22.0 Å². The molecule has 0 aliphatic carbocycles. The van der Waals surface area contributed by atoms with Gasteiger partial charge in [0.25, 0.3) is 11.8 Å². The van der Waals surface area contributed by atoms with Crippen LogP contribution in [0.25, 0.3) is 5.82 Å². The number of amides is 2. The number of anilines is 1. The highest BCUT2D eigenvalue weighted by molar-refractivity contribution is 6.32. The molecule has 0 saturated heterocycles. The second-order valence-corrected chi connectivity index (χ2v) is 8.80. The van der Waals surface area contributed by atoms with E-state index >= 15 is 0 Å². The monoisotopic (exact) mass is 537 g/mol. The van der Waals surface area contributed by atoms with Crippen molar-refractivity contribution in [1.29, 1.82) is 0 Å². The summed E-state index contributed by atoms with van der Waals surface area (Å²) in [7, 11) is 0. The lowest BCUT2D eigenvalue weighted by atomic mass is 10.1. The highest BCUT2D eigenvalue weighted by Crippen LogP contribution is 2.27. The summed E-state index contributed by atoms with van der Waals surface area (Å²) in [6.45, 7) is 3.03. The third kappa shape index (κ3) is 6.14. The van der Waals surface area contributed by atoms with E-state index in [2.05, 4.69) is 20.7 Å². The number of carbonyl (C=O) groups excluding carboxylic acids is 3. The van der Waals surface area contributed by atoms with Crippen LogP contribution >= 0.6 is 23.2 Å². The zero-order valence-corrected chi connectivity index (χ0v) is 21.3. The Kier molecular flexibility index (Phi) is 7.86. The Morgan fingerprint density at radius 1 is 0.973 bits per heavy atom. The zero-order valence-electron chi connectivity index (χ0n) is 19.8. The third-order valence-corrected chi connectivity index (χ3v) is 5.67. The average molecular weight is 538 g/mol. The van der Waals surface area contributed by atoms with Gasteiger partial charge in [-0.05, 0) is 61.9 Å². The van der Waals surface area contributed by atoms with Crippen molar-refractivity contribution >= 4 is 46.7 Å². The maximum absolute atomic E-state index is 13.3. The van der Waals surface area contributed by atoms with Gasteiger partial charge in [-0.15, -0.1) is 0 Å². The number of benzene rings is 2. The average Bonchev–Trinajstić information content (AvgIpc) is 3.26. The molecule has 9 nitrogen and oxygen atoms in total. The first-order valence-corrected chi connectivity index (χ1v) is 11.8. The summed E-state index contributed by atoms with van der Waals surface area (Å²) in [6, 6.07) is 16.4. The van der Waals surface area contributed by atoms with Crippen LogP contribution in [0.15, 0.2) is 66.9 Å². The third-order valence-electron chi connectivity index (χ3n) is 5.16. The van der Waals surface area contributed by atoms with Crippen molar-refractivity contribution in [1.82, 2.24) is 20.1 Å². The largest absolute Gasteiger partial charge is 0.425 e. The van der Waals surface area contributed by atoms with Crippen LogP contribution in [-0.2, 0) is 4.79 Å². The van der Waals surface area contributed by atoms with Gasteiger partial charge in [0, 0.05) is 11.2 Å². The van der Waals surface area contributed by atoms with Crippen molar-refractivity contribution in [2.45, 2.75) is 13.8 Å². The normalized spacial score (nSPS) is 10.6. The van der Waals surface area contributed by atoms with Crippen LogP contribution in [0.3, 0.4) is 0 Å². The van der Waals surface area contributed by atoms with Crippen LogP contribution in [0, 0.1) is 13.8 Å². The molecule has 4 rings (SSSR count). The first-order chi connectivity index (χ1) is 17.7. The molecule has 0 saturated carbocycles. The van der Waals surface area contributed by atoms with Gasteiger partial charge in [-0.1, -0.05) is 41.4 Å². The van der Waals surface area contributed by atoms with Gasteiger partial charge >= 0.3 is 5.97 Å². The van der Waals surface area contributed by atoms with Gasteiger partial charge in [0.15, 0.2) is 5.82 Å². The second-order valence-electron chi connectivity index (χ2n) is 7.96. The standard InChI is InChI=1S/C26H21Cl2N5O4/c1-15-11-17(27)13-19(25(35)30-14-22(34)37-18-7-4-3-5-8-18)23(15)31-26(36)21-12-16(2)32-33(21)24-20(28)9-6-10-29-24/h3-13H,14H2,1-2H3,(H,30,35)(H,31,36). The van der Waals surface area contributed by atoms with Crippen molar-refractivity contribution in [3.63, 3.8) is 0 Å². The number of hydrogen-bond acceptors (Lipinski definition) is 6. The number of esters is 1. The van der Waals surface area contributed by atoms with E-state index in [0.29, 0.717) is 22.0 Å². The fourth-order valence-corrected chi connectivity index (χ4v) is 4.00. The lowest BCUT2D eigenvalue weighted by Crippen LogP contribution is -2.32. The molecule has 2 heterocycles. The molecule has 2 aromatic heterocycles. The molecule has 2 amide bonds. The lowest BCUT2D eigenvalue weighted by Gasteiger charge is -2.15. The van der Waals surface area contributed by atoms with Crippen molar-refractivity contribution < 1.29 is 19.1 Å². The van der Waals surface area contributed by atoms with Crippen LogP contribution < -0.4 is 15.4 Å². The number of aromatic nitrogens is 3. The number of aryl methyl sites for hydroxylation is 2. The van der Waals surface area contributed by atoms with Crippen LogP contribution in [0.2, 0.25) is 10.0 Å².